The molecule has 4 heteroatoms. The van der Waals surface area contributed by atoms with Crippen LogP contribution in [0.2, 0.25) is 0 Å². The Morgan fingerprint density at radius 2 is 2.15 bits per heavy atom. The molecule has 1 aromatic rings. The van der Waals surface area contributed by atoms with Crippen LogP contribution in [0.3, 0.4) is 0 Å². The van der Waals surface area contributed by atoms with Gasteiger partial charge in [0.15, 0.2) is 0 Å². The highest BCUT2D eigenvalue weighted by atomic mass is 16.5. The van der Waals surface area contributed by atoms with Gasteiger partial charge in [-0.1, -0.05) is 31.2 Å². The third kappa shape index (κ3) is 6.33. The lowest BCUT2D eigenvalue weighted by Gasteiger charge is -2.33. The number of rotatable bonds is 7. The van der Waals surface area contributed by atoms with Crippen LogP contribution >= 0.6 is 0 Å². The third-order valence-corrected chi connectivity index (χ3v) is 4.85. The van der Waals surface area contributed by atoms with Gasteiger partial charge in [0.1, 0.15) is 5.82 Å². The van der Waals surface area contributed by atoms with Gasteiger partial charge < -0.3 is 14.5 Å². The van der Waals surface area contributed by atoms with Crippen molar-refractivity contribution in [1.82, 2.24) is 9.80 Å². The minimum Gasteiger partial charge on any atom is -0.375 e. The highest BCUT2D eigenvalue weighted by Gasteiger charge is 2.19. The average molecular weight is 370 g/mol. The van der Waals surface area contributed by atoms with Crippen LogP contribution in [-0.4, -0.2) is 55.9 Å². The van der Waals surface area contributed by atoms with E-state index in [-0.39, 0.29) is 6.10 Å². The molecule has 0 spiro atoms. The summed E-state index contributed by atoms with van der Waals surface area (Å²) in [4.78, 5) is 9.49. The highest BCUT2D eigenvalue weighted by Crippen LogP contribution is 2.21. The van der Waals surface area contributed by atoms with E-state index < -0.39 is 0 Å². The summed E-state index contributed by atoms with van der Waals surface area (Å²) in [5, 5.41) is 0. The molecular weight excluding hydrogens is 334 g/mol. The first-order valence-electron chi connectivity index (χ1n) is 9.95. The van der Waals surface area contributed by atoms with Gasteiger partial charge in [-0.05, 0) is 69.6 Å². The van der Waals surface area contributed by atoms with Crippen molar-refractivity contribution >= 4 is 11.8 Å². The number of allylic oxidation sites excluding steroid dienone is 3. The van der Waals surface area contributed by atoms with E-state index in [2.05, 4.69) is 81.9 Å². The Labute approximate surface area is 165 Å². The quantitative estimate of drug-likeness (QED) is 0.658. The van der Waals surface area contributed by atoms with Crippen molar-refractivity contribution in [3.63, 3.8) is 0 Å². The zero-order valence-electron chi connectivity index (χ0n) is 17.8. The van der Waals surface area contributed by atoms with Gasteiger partial charge in [0.05, 0.1) is 12.7 Å². The second-order valence-corrected chi connectivity index (χ2v) is 7.53. The Kier molecular flexibility index (Phi) is 8.26. The minimum absolute atomic E-state index is 0.248. The summed E-state index contributed by atoms with van der Waals surface area (Å²) < 4.78 is 5.70. The van der Waals surface area contributed by atoms with Crippen LogP contribution in [0.1, 0.15) is 45.2 Å². The highest BCUT2D eigenvalue weighted by molar-refractivity contribution is 6.10. The Balaban J connectivity index is 2.25. The molecule has 1 aromatic carbocycles. The van der Waals surface area contributed by atoms with Crippen molar-refractivity contribution in [3.8, 4) is 0 Å². The van der Waals surface area contributed by atoms with E-state index in [1.165, 1.54) is 16.7 Å². The zero-order chi connectivity index (χ0) is 19.8. The van der Waals surface area contributed by atoms with E-state index in [4.69, 9.17) is 9.73 Å². The number of benzene rings is 1. The van der Waals surface area contributed by atoms with Crippen molar-refractivity contribution in [2.45, 2.75) is 46.8 Å². The van der Waals surface area contributed by atoms with E-state index in [0.29, 0.717) is 0 Å². The smallest absolute Gasteiger partial charge is 0.127 e. The monoisotopic (exact) mass is 369 g/mol. The minimum atomic E-state index is 0.248. The summed E-state index contributed by atoms with van der Waals surface area (Å²) in [6.45, 7) is 12.1. The van der Waals surface area contributed by atoms with Gasteiger partial charge in [0, 0.05) is 25.8 Å². The topological polar surface area (TPSA) is 28.1 Å². The number of ether oxygens (including phenoxy) is 1. The Bertz CT molecular complexity index is 703. The standard InChI is InChI=1S/C23H35N3O/c1-7-18(3)23(26-12-13-27-19(4)16-26)24-15-21(8-2)22-11-9-10-20(14-22)17-25(5)6/h8-11,14-15,19H,7,12-13,16-17H2,1-6H3/b21-8+,23-18-,24-15-. The number of morpholine rings is 1. The van der Waals surface area contributed by atoms with Crippen molar-refractivity contribution in [2.24, 2.45) is 4.99 Å². The number of aliphatic imine (C=N–C) groups is 1. The molecule has 1 aliphatic rings. The maximum Gasteiger partial charge on any atom is 0.127 e. The van der Waals surface area contributed by atoms with Gasteiger partial charge in [-0.25, -0.2) is 4.99 Å². The molecule has 0 amide bonds. The SMILES string of the molecule is C\C=C(/C=N\C(=C(/C)CC)N1CCOC(C)C1)c1cccc(CN(C)C)c1. The normalized spacial score (nSPS) is 19.7. The molecular formula is C23H35N3O. The second-order valence-electron chi connectivity index (χ2n) is 7.53. The van der Waals surface area contributed by atoms with E-state index in [0.717, 1.165) is 44.1 Å². The lowest BCUT2D eigenvalue weighted by atomic mass is 10.0. The molecule has 0 bridgehead atoms. The Morgan fingerprint density at radius 3 is 2.78 bits per heavy atom. The Morgan fingerprint density at radius 1 is 1.37 bits per heavy atom. The van der Waals surface area contributed by atoms with Crippen LogP contribution in [0.15, 0.2) is 46.7 Å². The van der Waals surface area contributed by atoms with Gasteiger partial charge in [0.25, 0.3) is 0 Å². The molecule has 1 unspecified atom stereocenters. The molecule has 1 aliphatic heterocycles. The number of hydrogen-bond acceptors (Lipinski definition) is 4. The van der Waals surface area contributed by atoms with Crippen LogP contribution in [0.25, 0.3) is 5.57 Å². The molecule has 4 nitrogen and oxygen atoms in total. The number of hydrogen-bond donors (Lipinski definition) is 0. The molecule has 2 rings (SSSR count). The summed E-state index contributed by atoms with van der Waals surface area (Å²) in [5.41, 5.74) is 4.99. The van der Waals surface area contributed by atoms with Gasteiger partial charge in [-0.3, -0.25) is 0 Å². The largest absolute Gasteiger partial charge is 0.375 e. The maximum absolute atomic E-state index is 5.70. The maximum atomic E-state index is 5.70. The van der Waals surface area contributed by atoms with Gasteiger partial charge in [-0.2, -0.15) is 0 Å². The molecule has 1 heterocycles. The fourth-order valence-electron chi connectivity index (χ4n) is 3.29. The van der Waals surface area contributed by atoms with Crippen molar-refractivity contribution < 1.29 is 4.74 Å². The van der Waals surface area contributed by atoms with Crippen molar-refractivity contribution in [1.29, 1.82) is 0 Å². The van der Waals surface area contributed by atoms with E-state index in [9.17, 15) is 0 Å². The first-order valence-corrected chi connectivity index (χ1v) is 9.95. The fourth-order valence-corrected chi connectivity index (χ4v) is 3.29. The molecule has 0 radical (unpaired) electrons. The van der Waals surface area contributed by atoms with Gasteiger partial charge >= 0.3 is 0 Å². The molecule has 1 atom stereocenters. The number of nitrogens with zero attached hydrogens (tertiary/aromatic N) is 3. The summed E-state index contributed by atoms with van der Waals surface area (Å²) in [5.74, 6) is 1.09. The molecule has 148 valence electrons. The van der Waals surface area contributed by atoms with E-state index in [1.54, 1.807) is 0 Å². The lowest BCUT2D eigenvalue weighted by Crippen LogP contribution is -2.40. The summed E-state index contributed by atoms with van der Waals surface area (Å²) in [7, 11) is 4.19. The van der Waals surface area contributed by atoms with E-state index >= 15 is 0 Å². The predicted molar refractivity (Wildman–Crippen MR) is 116 cm³/mol. The molecule has 0 aromatic heterocycles. The summed E-state index contributed by atoms with van der Waals surface area (Å²) in [6, 6.07) is 8.72. The van der Waals surface area contributed by atoms with Crippen LogP contribution < -0.4 is 0 Å². The third-order valence-electron chi connectivity index (χ3n) is 4.85. The van der Waals surface area contributed by atoms with Crippen LogP contribution in [0.4, 0.5) is 0 Å². The Hall–Kier alpha value is -1.91. The van der Waals surface area contributed by atoms with Crippen LogP contribution in [0, 0.1) is 0 Å². The summed E-state index contributed by atoms with van der Waals surface area (Å²) >= 11 is 0. The van der Waals surface area contributed by atoms with Gasteiger partial charge in [-0.15, -0.1) is 0 Å². The van der Waals surface area contributed by atoms with E-state index in [1.807, 2.05) is 6.21 Å². The molecule has 0 N–H and O–H groups in total. The fraction of sp³-hybridized carbons (Fsp3) is 0.522. The van der Waals surface area contributed by atoms with Crippen LogP contribution in [-0.2, 0) is 11.3 Å². The van der Waals surface area contributed by atoms with Gasteiger partial charge in [0.2, 0.25) is 0 Å². The molecule has 1 saturated heterocycles. The first kappa shape index (κ1) is 21.4. The lowest BCUT2D eigenvalue weighted by molar-refractivity contribution is -0.00656. The molecule has 1 fully saturated rings. The molecule has 0 aliphatic carbocycles. The second kappa shape index (κ2) is 10.4. The predicted octanol–water partition coefficient (Wildman–Crippen LogP) is 4.58. The average Bonchev–Trinajstić information content (AvgIpc) is 2.64. The first-order chi connectivity index (χ1) is 12.9. The molecule has 27 heavy (non-hydrogen) atoms. The van der Waals surface area contributed by atoms with Crippen LogP contribution in [0.5, 0.6) is 0 Å². The van der Waals surface area contributed by atoms with Crippen molar-refractivity contribution in [3.05, 3.63) is 52.9 Å². The van der Waals surface area contributed by atoms with Crippen molar-refractivity contribution in [2.75, 3.05) is 33.8 Å². The summed E-state index contributed by atoms with van der Waals surface area (Å²) in [6.07, 6.45) is 5.40. The molecule has 0 saturated carbocycles. The zero-order valence-corrected chi connectivity index (χ0v) is 17.8.